The summed E-state index contributed by atoms with van der Waals surface area (Å²) in [5.41, 5.74) is 2.44. The smallest absolute Gasteiger partial charge is 0.494 e. The van der Waals surface area contributed by atoms with Crippen LogP contribution in [0.15, 0.2) is 77.3 Å². The van der Waals surface area contributed by atoms with Crippen LogP contribution in [0.5, 0.6) is 11.5 Å². The minimum absolute atomic E-state index is 0.00611. The number of nitrogens with zero attached hydrogens (tertiary/aromatic N) is 7. The summed E-state index contributed by atoms with van der Waals surface area (Å²) in [5.74, 6) is -5.43. The van der Waals surface area contributed by atoms with Gasteiger partial charge in [0.2, 0.25) is 17.7 Å². The summed E-state index contributed by atoms with van der Waals surface area (Å²) in [6.07, 6.45) is 6.04. The van der Waals surface area contributed by atoms with Gasteiger partial charge in [-0.3, -0.25) is 48.0 Å². The molecule has 35 heteroatoms. The number of nitrogens with one attached hydrogen (secondary N) is 3. The lowest BCUT2D eigenvalue weighted by atomic mass is 9.88. The minimum atomic E-state index is -4.88. The largest absolute Gasteiger partial charge is 0.737 e. The quantitative estimate of drug-likeness (QED) is 0.00453. The van der Waals surface area contributed by atoms with E-state index in [9.17, 15) is 69.9 Å². The van der Waals surface area contributed by atoms with Gasteiger partial charge in [0.15, 0.2) is 11.4 Å². The highest BCUT2D eigenvalue weighted by Gasteiger charge is 2.55. The fourth-order valence-corrected chi connectivity index (χ4v) is 13.4. The summed E-state index contributed by atoms with van der Waals surface area (Å²) in [6.45, 7) is -2.03. The van der Waals surface area contributed by atoms with E-state index in [0.717, 1.165) is 33.6 Å². The number of aliphatic hydroxyl groups excluding tert-OH is 1. The Labute approximate surface area is 583 Å². The molecule has 0 saturated carbocycles. The van der Waals surface area contributed by atoms with Gasteiger partial charge < -0.3 is 66.7 Å². The summed E-state index contributed by atoms with van der Waals surface area (Å²) < 4.78 is 123. The molecule has 29 nitrogen and oxygen atoms in total. The zero-order valence-electron chi connectivity index (χ0n) is 57.2. The van der Waals surface area contributed by atoms with Crippen molar-refractivity contribution in [2.45, 2.75) is 102 Å². The van der Waals surface area contributed by atoms with Crippen LogP contribution < -0.4 is 25.4 Å². The number of amides is 5. The van der Waals surface area contributed by atoms with E-state index in [4.69, 9.17) is 19.0 Å². The molecule has 0 spiro atoms. The van der Waals surface area contributed by atoms with Gasteiger partial charge in [0.1, 0.15) is 42.0 Å². The number of rotatable bonds is 39. The number of halogens is 2. The van der Waals surface area contributed by atoms with Gasteiger partial charge in [-0.05, 0) is 112 Å². The number of ether oxygens (including phenoxy) is 3. The summed E-state index contributed by atoms with van der Waals surface area (Å²) in [7, 11) is 4.63. The van der Waals surface area contributed by atoms with E-state index < -0.39 is 110 Å². The van der Waals surface area contributed by atoms with Crippen molar-refractivity contribution in [2.75, 3.05) is 107 Å². The SMILES string of the molecule is CC(OC(=O)ON1C(=O)CCC1=O)c1cc(CO)c(OCCN(C)CCNC(=O)C(CCCC[N+](C)(C)C)NC(=O)C(CS(=O)(=O)O)NC(=O)CCCOc2ccc(/C=C/c3cc(CCCS(=O)(=O)O)c4n3[B-](F)(F)[N+]3=C(c5cccs5)C=C(CCC[N+](C)(C)C)C3=C4)cc2)cc1[N+](=O)[O-]. The van der Waals surface area contributed by atoms with Gasteiger partial charge in [-0.2, -0.15) is 16.8 Å². The minimum Gasteiger partial charge on any atom is -0.494 e. The molecule has 7 rings (SSSR count). The molecule has 2 aromatic carbocycles. The number of aromatic nitrogens is 1. The topological polar surface area (TPSA) is 362 Å². The fourth-order valence-electron chi connectivity index (χ4n) is 11.5. The van der Waals surface area contributed by atoms with E-state index in [-0.39, 0.29) is 111 Å². The molecule has 546 valence electrons. The fraction of sp³-hybridized carbons (Fsp3) is 0.492. The van der Waals surface area contributed by atoms with Gasteiger partial charge in [-0.15, -0.1) is 11.3 Å². The number of carbonyl (C=O) groups is 6. The third kappa shape index (κ3) is 23.1. The summed E-state index contributed by atoms with van der Waals surface area (Å²) in [4.78, 5) is 95.6. The Morgan fingerprint density at radius 3 is 2.15 bits per heavy atom. The molecular weight excluding hydrogens is 1370 g/mol. The molecule has 3 atom stereocenters. The standard InChI is InChI=1S/C65H87BF2N10O19S3/c1-44(96-65(85)97-75-61(81)26-27-62(75)82)51-38-48(42-79)58(41-56(51)76(86)87)95-34-30-72(2)29-28-69-63(83)52(17-9-10-31-77(3,4)5)71-64(84)53(43-100(91,92)93)70-60(80)19-12-33-94-50-24-21-45(22-25-50)20-23-49-37-46(16-14-36-99(88,89)90)54-40-55-47(15-11-32-78(6,7)8)39-57(59-18-13-35-98-59)74(55)66(67,68)73(49)54/h13,18,20-25,35,37-41,44,52-53,79H,9-12,14-17,19,26-34,36,42-43H2,1-8H3,(H3-2,69,70,71,80,83,84,88,89,90,91,92,93)/p+2/b23-20+. The highest BCUT2D eigenvalue weighted by Crippen LogP contribution is 2.41. The average Bonchev–Trinajstić information content (AvgIpc) is 1.55. The van der Waals surface area contributed by atoms with Gasteiger partial charge >= 0.3 is 13.1 Å². The molecule has 0 radical (unpaired) electrons. The highest BCUT2D eigenvalue weighted by atomic mass is 32.2. The number of benzene rings is 2. The molecule has 4 aromatic rings. The summed E-state index contributed by atoms with van der Waals surface area (Å²) in [6, 6.07) is 11.1. The van der Waals surface area contributed by atoms with E-state index in [1.54, 1.807) is 66.6 Å². The number of thiophene rings is 1. The first-order chi connectivity index (χ1) is 46.9. The first-order valence-electron chi connectivity index (χ1n) is 32.6. The maximum Gasteiger partial charge on any atom is 0.737 e. The number of carbonyl (C=O) groups excluding carboxylic acids is 6. The zero-order chi connectivity index (χ0) is 73.5. The van der Waals surface area contributed by atoms with E-state index >= 15 is 8.63 Å². The predicted molar refractivity (Wildman–Crippen MR) is 369 cm³/mol. The second kappa shape index (κ2) is 34.4. The van der Waals surface area contributed by atoms with Crippen LogP contribution in [0.1, 0.15) is 116 Å². The number of aliphatic hydroxyl groups is 1. The molecular formula is C65H89BF2N10O19S3+2. The first kappa shape index (κ1) is 79.0. The predicted octanol–water partition coefficient (Wildman–Crippen LogP) is 5.74. The maximum absolute atomic E-state index is 17.5. The van der Waals surface area contributed by atoms with Gasteiger partial charge in [0.25, 0.3) is 37.7 Å². The number of hydroxylamine groups is 2. The monoisotopic (exact) mass is 1460 g/mol. The number of allylic oxidation sites excluding steroid dienone is 2. The first-order valence-corrected chi connectivity index (χ1v) is 36.7. The van der Waals surface area contributed by atoms with Gasteiger partial charge in [-0.1, -0.05) is 29.3 Å². The number of aryl methyl sites for hydroxylation is 1. The average molecular weight is 1460 g/mol. The summed E-state index contributed by atoms with van der Waals surface area (Å²) >= 11 is 1.36. The van der Waals surface area contributed by atoms with Gasteiger partial charge in [0.05, 0.1) is 95.8 Å². The lowest BCUT2D eigenvalue weighted by Gasteiger charge is -2.31. The molecule has 5 heterocycles. The van der Waals surface area contributed by atoms with Crippen molar-refractivity contribution in [1.29, 1.82) is 0 Å². The normalized spacial score (nSPS) is 15.6. The molecule has 3 aliphatic rings. The Bertz CT molecular complexity index is 4000. The Morgan fingerprint density at radius 1 is 0.830 bits per heavy atom. The molecule has 6 N–H and O–H groups in total. The number of hydrogen-bond acceptors (Lipinski definition) is 19. The van der Waals surface area contributed by atoms with Crippen LogP contribution in [-0.4, -0.2) is 231 Å². The number of fused-ring (bicyclic) bond motifs is 2. The number of likely N-dealkylation sites (N-methyl/N-ethyl adjacent to an activating group) is 1. The van der Waals surface area contributed by atoms with Crippen LogP contribution in [-0.2, 0) is 66.8 Å². The molecule has 1 fully saturated rings. The van der Waals surface area contributed by atoms with Crippen LogP contribution in [0.4, 0.5) is 19.1 Å². The molecule has 3 aliphatic heterocycles. The number of hydrogen-bond donors (Lipinski definition) is 6. The van der Waals surface area contributed by atoms with Gasteiger partial charge in [-0.25, -0.2) is 4.79 Å². The lowest BCUT2D eigenvalue weighted by molar-refractivity contribution is -0.870. The third-order valence-corrected chi connectivity index (χ3v) is 19.0. The molecule has 0 bridgehead atoms. The second-order valence-corrected chi connectivity index (χ2v) is 30.7. The molecule has 2 aromatic heterocycles. The number of nitro benzene ring substituents is 1. The molecule has 1 saturated heterocycles. The van der Waals surface area contributed by atoms with E-state index in [0.29, 0.717) is 67.9 Å². The van der Waals surface area contributed by atoms with Crippen molar-refractivity contribution in [3.63, 3.8) is 0 Å². The van der Waals surface area contributed by atoms with E-state index in [2.05, 4.69) is 37.1 Å². The van der Waals surface area contributed by atoms with Crippen LogP contribution in [0.2, 0.25) is 0 Å². The number of imide groups is 1. The number of quaternary nitrogens is 2. The third-order valence-electron chi connectivity index (χ3n) is 16.5. The van der Waals surface area contributed by atoms with E-state index in [1.807, 2.05) is 38.7 Å². The van der Waals surface area contributed by atoms with Gasteiger partial charge in [0, 0.05) is 80.0 Å². The van der Waals surface area contributed by atoms with Crippen molar-refractivity contribution in [3.8, 4) is 11.5 Å². The molecule has 3 unspecified atom stereocenters. The molecule has 100 heavy (non-hydrogen) atoms. The van der Waals surface area contributed by atoms with E-state index in [1.165, 1.54) is 24.3 Å². The molecule has 0 aliphatic carbocycles. The van der Waals surface area contributed by atoms with Crippen molar-refractivity contribution in [3.05, 3.63) is 126 Å². The Balaban J connectivity index is 0.931. The van der Waals surface area contributed by atoms with Crippen LogP contribution in [0.25, 0.3) is 18.2 Å². The van der Waals surface area contributed by atoms with Crippen molar-refractivity contribution >= 4 is 104 Å². The van der Waals surface area contributed by atoms with Crippen molar-refractivity contribution in [2.24, 2.45) is 0 Å². The Morgan fingerprint density at radius 2 is 1.52 bits per heavy atom. The zero-order valence-corrected chi connectivity index (χ0v) is 59.7. The Hall–Kier alpha value is -8.29. The van der Waals surface area contributed by atoms with Crippen LogP contribution >= 0.6 is 11.3 Å². The number of unbranched alkanes of at least 4 members (excludes halogenated alkanes) is 1. The maximum atomic E-state index is 17.5. The Kier molecular flexibility index (Phi) is 27.2. The second-order valence-electron chi connectivity index (χ2n) is 26.7. The lowest BCUT2D eigenvalue weighted by Crippen LogP contribution is -2.56. The van der Waals surface area contributed by atoms with Crippen LogP contribution in [0.3, 0.4) is 0 Å². The highest BCUT2D eigenvalue weighted by molar-refractivity contribution is 7.86. The molecule has 5 amide bonds. The van der Waals surface area contributed by atoms with Crippen molar-refractivity contribution < 1.29 is 106 Å². The summed E-state index contributed by atoms with van der Waals surface area (Å²) in [5, 5.41) is 32.1. The number of nitro groups is 1. The van der Waals surface area contributed by atoms with Crippen molar-refractivity contribution in [1.82, 2.24) is 30.4 Å². The van der Waals surface area contributed by atoms with Crippen LogP contribution in [0, 0.1) is 10.1 Å².